The number of alkyl halides is 6. The zero-order chi connectivity index (χ0) is 29.2. The Morgan fingerprint density at radius 1 is 0.927 bits per heavy atom. The van der Waals surface area contributed by atoms with E-state index in [0.29, 0.717) is 44.1 Å². The smallest absolute Gasteiger partial charge is 0.406 e. The number of piperidine rings is 1. The van der Waals surface area contributed by atoms with Gasteiger partial charge in [0.15, 0.2) is 0 Å². The monoisotopic (exact) mass is 598 g/mol. The van der Waals surface area contributed by atoms with E-state index < -0.39 is 18.1 Å². The molecule has 0 atom stereocenters. The van der Waals surface area contributed by atoms with E-state index in [4.69, 9.17) is 0 Å². The Hall–Kier alpha value is -3.32. The quantitative estimate of drug-likeness (QED) is 0.308. The number of halogens is 6. The van der Waals surface area contributed by atoms with Crippen molar-refractivity contribution in [3.63, 3.8) is 0 Å². The molecule has 5 rings (SSSR count). The van der Waals surface area contributed by atoms with Crippen LogP contribution in [0.5, 0.6) is 5.75 Å². The first-order chi connectivity index (χ1) is 19.4. The van der Waals surface area contributed by atoms with Gasteiger partial charge in [-0.25, -0.2) is 4.98 Å². The van der Waals surface area contributed by atoms with Crippen molar-refractivity contribution in [3.8, 4) is 5.75 Å². The first-order valence-electron chi connectivity index (χ1n) is 13.2. The SMILES string of the molecule is O=C(c1csc(C2CCN(Cc3cccc(OC(F)(F)F)c3)CC2)n1)N1CCN(c2cccc(C(F)(F)F)c2)CC1. The molecule has 2 fully saturated rings. The minimum atomic E-state index is -4.73. The van der Waals surface area contributed by atoms with Gasteiger partial charge in [0.1, 0.15) is 11.4 Å². The number of carbonyl (C=O) groups excluding carboxylic acids is 1. The molecule has 220 valence electrons. The predicted molar refractivity (Wildman–Crippen MR) is 142 cm³/mol. The molecule has 0 spiro atoms. The van der Waals surface area contributed by atoms with Crippen molar-refractivity contribution in [1.82, 2.24) is 14.8 Å². The Morgan fingerprint density at radius 3 is 2.32 bits per heavy atom. The van der Waals surface area contributed by atoms with Crippen molar-refractivity contribution in [3.05, 3.63) is 75.7 Å². The highest BCUT2D eigenvalue weighted by atomic mass is 32.1. The van der Waals surface area contributed by atoms with E-state index in [9.17, 15) is 31.1 Å². The molecule has 3 heterocycles. The topological polar surface area (TPSA) is 48.9 Å². The number of benzene rings is 2. The Kier molecular flexibility index (Phi) is 8.46. The van der Waals surface area contributed by atoms with Crippen LogP contribution in [0.1, 0.15) is 45.4 Å². The first kappa shape index (κ1) is 29.2. The number of thiazole rings is 1. The van der Waals surface area contributed by atoms with Gasteiger partial charge < -0.3 is 14.5 Å². The molecule has 0 unspecified atom stereocenters. The summed E-state index contributed by atoms with van der Waals surface area (Å²) >= 11 is 1.44. The highest BCUT2D eigenvalue weighted by Gasteiger charge is 2.33. The van der Waals surface area contributed by atoms with Crippen LogP contribution in [0.3, 0.4) is 0 Å². The number of hydrogen-bond donors (Lipinski definition) is 0. The van der Waals surface area contributed by atoms with Crippen LogP contribution in [0.4, 0.5) is 32.0 Å². The zero-order valence-electron chi connectivity index (χ0n) is 21.9. The van der Waals surface area contributed by atoms with Crippen LogP contribution < -0.4 is 9.64 Å². The molecular formula is C28H28F6N4O2S. The standard InChI is InChI=1S/C28H28F6N4O2S/c29-27(30,31)21-4-2-5-22(16-21)37-11-13-38(14-12-37)26(39)24-18-41-25(35-24)20-7-9-36(10-8-20)17-19-3-1-6-23(15-19)40-28(32,33)34/h1-6,15-16,18,20H,7-14,17H2. The van der Waals surface area contributed by atoms with Gasteiger partial charge in [-0.05, 0) is 61.8 Å². The number of likely N-dealkylation sites (tertiary alicyclic amines) is 1. The highest BCUT2D eigenvalue weighted by Crippen LogP contribution is 2.33. The van der Waals surface area contributed by atoms with Gasteiger partial charge >= 0.3 is 12.5 Å². The van der Waals surface area contributed by atoms with Gasteiger partial charge in [-0.15, -0.1) is 24.5 Å². The maximum atomic E-state index is 13.1. The van der Waals surface area contributed by atoms with Crippen molar-refractivity contribution in [2.45, 2.75) is 37.8 Å². The molecular weight excluding hydrogens is 570 g/mol. The zero-order valence-corrected chi connectivity index (χ0v) is 22.7. The molecule has 2 aliphatic rings. The Balaban J connectivity index is 1.11. The number of carbonyl (C=O) groups is 1. The number of rotatable bonds is 6. The van der Waals surface area contributed by atoms with Crippen LogP contribution >= 0.6 is 11.3 Å². The van der Waals surface area contributed by atoms with E-state index in [1.165, 1.54) is 29.5 Å². The van der Waals surface area contributed by atoms with Crippen LogP contribution in [-0.2, 0) is 12.7 Å². The molecule has 0 aliphatic carbocycles. The summed E-state index contributed by atoms with van der Waals surface area (Å²) in [5, 5.41) is 2.64. The van der Waals surface area contributed by atoms with Gasteiger partial charge in [0.2, 0.25) is 0 Å². The lowest BCUT2D eigenvalue weighted by molar-refractivity contribution is -0.274. The molecule has 2 saturated heterocycles. The van der Waals surface area contributed by atoms with Crippen LogP contribution in [0.2, 0.25) is 0 Å². The number of anilines is 1. The molecule has 0 bridgehead atoms. The molecule has 0 radical (unpaired) electrons. The third-order valence-corrected chi connectivity index (χ3v) is 8.33. The first-order valence-corrected chi connectivity index (χ1v) is 14.1. The van der Waals surface area contributed by atoms with Crippen molar-refractivity contribution >= 4 is 22.9 Å². The van der Waals surface area contributed by atoms with Crippen LogP contribution in [0.25, 0.3) is 0 Å². The average Bonchev–Trinajstić information content (AvgIpc) is 3.42. The molecule has 2 aromatic carbocycles. The molecule has 6 nitrogen and oxygen atoms in total. The number of ether oxygens (including phenoxy) is 1. The maximum absolute atomic E-state index is 13.1. The van der Waals surface area contributed by atoms with Crippen LogP contribution in [-0.4, -0.2) is 66.3 Å². The molecule has 1 amide bonds. The van der Waals surface area contributed by atoms with E-state index in [0.717, 1.165) is 48.6 Å². The lowest BCUT2D eigenvalue weighted by Gasteiger charge is -2.36. The third-order valence-electron chi connectivity index (χ3n) is 7.32. The largest absolute Gasteiger partial charge is 0.573 e. The van der Waals surface area contributed by atoms with Gasteiger partial charge in [-0.2, -0.15) is 13.2 Å². The molecule has 41 heavy (non-hydrogen) atoms. The van der Waals surface area contributed by atoms with Crippen LogP contribution in [0, 0.1) is 0 Å². The number of aromatic nitrogens is 1. The number of nitrogens with zero attached hydrogens (tertiary/aromatic N) is 4. The van der Waals surface area contributed by atoms with Crippen molar-refractivity contribution < 1.29 is 35.9 Å². The second-order valence-corrected chi connectivity index (χ2v) is 11.0. The Morgan fingerprint density at radius 2 is 1.63 bits per heavy atom. The predicted octanol–water partition coefficient (Wildman–Crippen LogP) is 6.40. The molecule has 2 aliphatic heterocycles. The van der Waals surface area contributed by atoms with E-state index in [1.807, 2.05) is 4.90 Å². The van der Waals surface area contributed by atoms with E-state index >= 15 is 0 Å². The normalized spacial score (nSPS) is 17.6. The Labute approximate surface area is 237 Å². The van der Waals surface area contributed by atoms with Crippen molar-refractivity contribution in [2.75, 3.05) is 44.2 Å². The third kappa shape index (κ3) is 7.50. The number of piperazine rings is 1. The second kappa shape index (κ2) is 11.9. The van der Waals surface area contributed by atoms with Gasteiger partial charge in [-0.1, -0.05) is 18.2 Å². The van der Waals surface area contributed by atoms with E-state index in [1.54, 1.807) is 28.5 Å². The van der Waals surface area contributed by atoms with E-state index in [-0.39, 0.29) is 17.6 Å². The summed E-state index contributed by atoms with van der Waals surface area (Å²) in [6, 6.07) is 11.2. The van der Waals surface area contributed by atoms with Gasteiger partial charge in [-0.3, -0.25) is 9.69 Å². The fourth-order valence-electron chi connectivity index (χ4n) is 5.22. The number of hydrogen-bond acceptors (Lipinski definition) is 6. The van der Waals surface area contributed by atoms with E-state index in [2.05, 4.69) is 14.6 Å². The number of amides is 1. The average molecular weight is 599 g/mol. The fraction of sp³-hybridized carbons (Fsp3) is 0.429. The fourth-order valence-corrected chi connectivity index (χ4v) is 6.18. The lowest BCUT2D eigenvalue weighted by atomic mass is 9.97. The van der Waals surface area contributed by atoms with Gasteiger partial charge in [0, 0.05) is 49.7 Å². The molecule has 0 N–H and O–H groups in total. The van der Waals surface area contributed by atoms with Crippen LogP contribution in [0.15, 0.2) is 53.9 Å². The lowest BCUT2D eigenvalue weighted by Crippen LogP contribution is -2.49. The summed E-state index contributed by atoms with van der Waals surface area (Å²) in [5.74, 6) is -0.230. The molecule has 13 heteroatoms. The molecule has 0 saturated carbocycles. The summed E-state index contributed by atoms with van der Waals surface area (Å²) in [4.78, 5) is 23.4. The van der Waals surface area contributed by atoms with Gasteiger partial charge in [0.05, 0.1) is 10.6 Å². The minimum Gasteiger partial charge on any atom is -0.406 e. The minimum absolute atomic E-state index is 0.186. The summed E-state index contributed by atoms with van der Waals surface area (Å²) in [7, 11) is 0. The summed E-state index contributed by atoms with van der Waals surface area (Å²) < 4.78 is 80.8. The summed E-state index contributed by atoms with van der Waals surface area (Å²) in [6.45, 7) is 3.62. The Bertz CT molecular complexity index is 1350. The molecule has 3 aromatic rings. The highest BCUT2D eigenvalue weighted by molar-refractivity contribution is 7.09. The van der Waals surface area contributed by atoms with Crippen molar-refractivity contribution in [1.29, 1.82) is 0 Å². The summed E-state index contributed by atoms with van der Waals surface area (Å²) in [5.41, 5.74) is 0.901. The maximum Gasteiger partial charge on any atom is 0.573 e. The van der Waals surface area contributed by atoms with Gasteiger partial charge in [0.25, 0.3) is 5.91 Å². The summed E-state index contributed by atoms with van der Waals surface area (Å²) in [6.07, 6.45) is -7.51. The second-order valence-electron chi connectivity index (χ2n) is 10.1. The van der Waals surface area contributed by atoms with Crippen molar-refractivity contribution in [2.24, 2.45) is 0 Å². The molecule has 1 aromatic heterocycles.